The molecule has 1 nitrogen and oxygen atoms in total. The molecule has 1 fully saturated rings. The van der Waals surface area contributed by atoms with E-state index in [9.17, 15) is 0 Å². The van der Waals surface area contributed by atoms with Crippen LogP contribution >= 0.6 is 11.3 Å². The zero-order valence-electron chi connectivity index (χ0n) is 11.4. The van der Waals surface area contributed by atoms with Gasteiger partial charge in [-0.1, -0.05) is 25.1 Å². The van der Waals surface area contributed by atoms with Gasteiger partial charge in [0, 0.05) is 21.7 Å². The van der Waals surface area contributed by atoms with Crippen molar-refractivity contribution < 1.29 is 0 Å². The van der Waals surface area contributed by atoms with Gasteiger partial charge >= 0.3 is 0 Å². The van der Waals surface area contributed by atoms with Crippen LogP contribution in [-0.4, -0.2) is 6.04 Å². The fourth-order valence-corrected chi connectivity index (χ4v) is 4.30. The third-order valence-corrected chi connectivity index (χ3v) is 5.59. The predicted octanol–water partition coefficient (Wildman–Crippen LogP) is 4.66. The number of nitrogens with one attached hydrogen (secondary N) is 1. The fourth-order valence-electron chi connectivity index (χ4n) is 3.07. The highest BCUT2D eigenvalue weighted by Crippen LogP contribution is 2.36. The topological polar surface area (TPSA) is 12.0 Å². The maximum Gasteiger partial charge on any atom is 0.0391 e. The largest absolute Gasteiger partial charge is 0.307 e. The van der Waals surface area contributed by atoms with Crippen LogP contribution in [-0.2, 0) is 0 Å². The number of aryl methyl sites for hydroxylation is 1. The molecule has 0 bridgehead atoms. The molecule has 1 aromatic carbocycles. The van der Waals surface area contributed by atoms with E-state index in [1.807, 2.05) is 11.3 Å². The van der Waals surface area contributed by atoms with Gasteiger partial charge in [0.15, 0.2) is 0 Å². The first-order valence-electron chi connectivity index (χ1n) is 6.89. The van der Waals surface area contributed by atoms with Crippen molar-refractivity contribution >= 4 is 21.4 Å². The standard InChI is InChI=1S/C16H21NS/c1-10-8-13(9-10)17-12(3)16-11(2)14-6-4-5-7-15(14)18-16/h4-7,10,12-13,17H,8-9H2,1-3H3. The van der Waals surface area contributed by atoms with Gasteiger partial charge in [-0.3, -0.25) is 0 Å². The third kappa shape index (κ3) is 2.08. The number of thiophene rings is 1. The quantitative estimate of drug-likeness (QED) is 0.845. The van der Waals surface area contributed by atoms with E-state index in [0.717, 1.165) is 12.0 Å². The summed E-state index contributed by atoms with van der Waals surface area (Å²) in [5.74, 6) is 0.915. The zero-order chi connectivity index (χ0) is 12.7. The maximum atomic E-state index is 3.78. The summed E-state index contributed by atoms with van der Waals surface area (Å²) in [5, 5.41) is 5.20. The van der Waals surface area contributed by atoms with E-state index in [-0.39, 0.29) is 0 Å². The second-order valence-corrected chi connectivity index (χ2v) is 6.83. The number of hydrogen-bond donors (Lipinski definition) is 1. The summed E-state index contributed by atoms with van der Waals surface area (Å²) >= 11 is 1.95. The number of rotatable bonds is 3. The molecule has 1 aliphatic rings. The lowest BCUT2D eigenvalue weighted by Gasteiger charge is -2.35. The number of hydrogen-bond acceptors (Lipinski definition) is 2. The fraction of sp³-hybridized carbons (Fsp3) is 0.500. The van der Waals surface area contributed by atoms with Crippen LogP contribution in [0.25, 0.3) is 10.1 Å². The summed E-state index contributed by atoms with van der Waals surface area (Å²) in [4.78, 5) is 1.51. The summed E-state index contributed by atoms with van der Waals surface area (Å²) in [6.07, 6.45) is 2.68. The van der Waals surface area contributed by atoms with Crippen molar-refractivity contribution in [3.8, 4) is 0 Å². The van der Waals surface area contributed by atoms with Crippen molar-refractivity contribution in [1.29, 1.82) is 0 Å². The Hall–Kier alpha value is -0.860. The third-order valence-electron chi connectivity index (χ3n) is 4.13. The molecule has 1 aliphatic carbocycles. The van der Waals surface area contributed by atoms with Gasteiger partial charge in [0.25, 0.3) is 0 Å². The van der Waals surface area contributed by atoms with E-state index < -0.39 is 0 Å². The van der Waals surface area contributed by atoms with Gasteiger partial charge in [-0.25, -0.2) is 0 Å². The second-order valence-electron chi connectivity index (χ2n) is 5.75. The molecule has 1 unspecified atom stereocenters. The Kier molecular flexibility index (Phi) is 3.16. The molecule has 0 spiro atoms. The molecule has 0 amide bonds. The summed E-state index contributed by atoms with van der Waals surface area (Å²) in [6.45, 7) is 6.91. The minimum Gasteiger partial charge on any atom is -0.307 e. The van der Waals surface area contributed by atoms with Crippen molar-refractivity contribution in [3.63, 3.8) is 0 Å². The van der Waals surface area contributed by atoms with Crippen molar-refractivity contribution in [1.82, 2.24) is 5.32 Å². The monoisotopic (exact) mass is 259 g/mol. The van der Waals surface area contributed by atoms with Crippen molar-refractivity contribution in [3.05, 3.63) is 34.7 Å². The van der Waals surface area contributed by atoms with Gasteiger partial charge in [0.2, 0.25) is 0 Å². The van der Waals surface area contributed by atoms with Crippen LogP contribution < -0.4 is 5.32 Å². The minimum absolute atomic E-state index is 0.486. The Morgan fingerprint density at radius 3 is 2.67 bits per heavy atom. The molecule has 0 radical (unpaired) electrons. The Morgan fingerprint density at radius 2 is 2.00 bits per heavy atom. The lowest BCUT2D eigenvalue weighted by molar-refractivity contribution is 0.227. The van der Waals surface area contributed by atoms with E-state index in [0.29, 0.717) is 6.04 Å². The summed E-state index contributed by atoms with van der Waals surface area (Å²) in [5.41, 5.74) is 1.46. The van der Waals surface area contributed by atoms with E-state index in [4.69, 9.17) is 0 Å². The highest BCUT2D eigenvalue weighted by atomic mass is 32.1. The lowest BCUT2D eigenvalue weighted by atomic mass is 9.81. The molecule has 0 aliphatic heterocycles. The van der Waals surface area contributed by atoms with Crippen LogP contribution in [0.4, 0.5) is 0 Å². The van der Waals surface area contributed by atoms with E-state index in [1.165, 1.54) is 33.4 Å². The molecule has 1 saturated carbocycles. The maximum absolute atomic E-state index is 3.78. The molecule has 2 heteroatoms. The number of fused-ring (bicyclic) bond motifs is 1. The van der Waals surface area contributed by atoms with Gasteiger partial charge in [-0.2, -0.15) is 0 Å². The average molecular weight is 259 g/mol. The first kappa shape index (κ1) is 12.2. The van der Waals surface area contributed by atoms with Crippen LogP contribution in [0.15, 0.2) is 24.3 Å². The molecule has 0 saturated heterocycles. The van der Waals surface area contributed by atoms with Crippen LogP contribution in [0.1, 0.15) is 43.2 Å². The first-order chi connectivity index (χ1) is 8.65. The van der Waals surface area contributed by atoms with E-state index in [1.54, 1.807) is 0 Å². The van der Waals surface area contributed by atoms with Crippen LogP contribution in [0.2, 0.25) is 0 Å². The lowest BCUT2D eigenvalue weighted by Crippen LogP contribution is -2.41. The predicted molar refractivity (Wildman–Crippen MR) is 80.3 cm³/mol. The molecule has 1 atom stereocenters. The molecule has 1 aromatic heterocycles. The van der Waals surface area contributed by atoms with Crippen LogP contribution in [0.5, 0.6) is 0 Å². The molecular weight excluding hydrogens is 238 g/mol. The van der Waals surface area contributed by atoms with Gasteiger partial charge in [-0.05, 0) is 49.6 Å². The van der Waals surface area contributed by atoms with E-state index >= 15 is 0 Å². The normalized spacial score (nSPS) is 25.1. The summed E-state index contributed by atoms with van der Waals surface area (Å²) < 4.78 is 1.42. The molecular formula is C16H21NS. The minimum atomic E-state index is 0.486. The highest BCUT2D eigenvalue weighted by Gasteiger charge is 2.27. The Morgan fingerprint density at radius 1 is 1.28 bits per heavy atom. The van der Waals surface area contributed by atoms with Gasteiger partial charge in [0.05, 0.1) is 0 Å². The van der Waals surface area contributed by atoms with Crippen molar-refractivity contribution in [2.75, 3.05) is 0 Å². The highest BCUT2D eigenvalue weighted by molar-refractivity contribution is 7.19. The Labute approximate surface area is 113 Å². The van der Waals surface area contributed by atoms with Gasteiger partial charge in [0.1, 0.15) is 0 Å². The van der Waals surface area contributed by atoms with Crippen molar-refractivity contribution in [2.24, 2.45) is 5.92 Å². The van der Waals surface area contributed by atoms with Crippen LogP contribution in [0.3, 0.4) is 0 Å². The summed E-state index contributed by atoms with van der Waals surface area (Å²) in [7, 11) is 0. The Bertz CT molecular complexity index is 551. The molecule has 2 aromatic rings. The molecule has 1 N–H and O–H groups in total. The smallest absolute Gasteiger partial charge is 0.0391 e. The van der Waals surface area contributed by atoms with E-state index in [2.05, 4.69) is 50.4 Å². The molecule has 96 valence electrons. The molecule has 3 rings (SSSR count). The molecule has 1 heterocycles. The van der Waals surface area contributed by atoms with Gasteiger partial charge in [-0.15, -0.1) is 11.3 Å². The first-order valence-corrected chi connectivity index (χ1v) is 7.71. The Balaban J connectivity index is 1.82. The second kappa shape index (κ2) is 4.67. The SMILES string of the molecule is Cc1c(C(C)NC2CC(C)C2)sc2ccccc12. The average Bonchev–Trinajstić information content (AvgIpc) is 2.66. The zero-order valence-corrected chi connectivity index (χ0v) is 12.2. The van der Waals surface area contributed by atoms with Crippen molar-refractivity contribution in [2.45, 2.75) is 45.7 Å². The van der Waals surface area contributed by atoms with Crippen LogP contribution in [0, 0.1) is 12.8 Å². The summed E-state index contributed by atoms with van der Waals surface area (Å²) in [6, 6.07) is 9.96. The molecule has 18 heavy (non-hydrogen) atoms. The van der Waals surface area contributed by atoms with Gasteiger partial charge < -0.3 is 5.32 Å². The number of benzene rings is 1.